The number of nitriles is 1. The van der Waals surface area contributed by atoms with Crippen LogP contribution in [0, 0.1) is 11.3 Å². The van der Waals surface area contributed by atoms with Gasteiger partial charge in [0.05, 0.1) is 39.4 Å². The molecule has 0 saturated heterocycles. The molecule has 1 atom stereocenters. The Morgan fingerprint density at radius 3 is 2.26 bits per heavy atom. The number of rotatable bonds is 6. The highest BCUT2D eigenvalue weighted by molar-refractivity contribution is 5.92. The number of ether oxygens (including phenoxy) is 5. The van der Waals surface area contributed by atoms with E-state index >= 15 is 0 Å². The Balaban J connectivity index is 2.75. The SMILES string of the molecule is CCOC(=O)C1=C(C)OC(N)=C(C#N)[C@H]1c1cc(OC)c(OC)c(OC)c1. The van der Waals surface area contributed by atoms with Crippen molar-refractivity contribution in [3.05, 3.63) is 40.5 Å². The third-order valence-electron chi connectivity index (χ3n) is 4.12. The molecule has 2 rings (SSSR count). The summed E-state index contributed by atoms with van der Waals surface area (Å²) in [5.74, 6) is -0.0224. The van der Waals surface area contributed by atoms with Crippen LogP contribution in [0.1, 0.15) is 25.3 Å². The molecular weight excluding hydrogens is 352 g/mol. The molecule has 0 bridgehead atoms. The molecule has 144 valence electrons. The molecule has 8 heteroatoms. The van der Waals surface area contributed by atoms with Crippen LogP contribution >= 0.6 is 0 Å². The highest BCUT2D eigenvalue weighted by Gasteiger charge is 2.37. The smallest absolute Gasteiger partial charge is 0.338 e. The minimum Gasteiger partial charge on any atom is -0.493 e. The molecular formula is C19H22N2O6. The Kier molecular flexibility index (Phi) is 6.19. The number of hydrogen-bond acceptors (Lipinski definition) is 8. The summed E-state index contributed by atoms with van der Waals surface area (Å²) in [6, 6.07) is 5.35. The quantitative estimate of drug-likeness (QED) is 0.755. The highest BCUT2D eigenvalue weighted by atomic mass is 16.5. The van der Waals surface area contributed by atoms with Crippen LogP contribution in [0.25, 0.3) is 0 Å². The molecule has 0 aromatic heterocycles. The number of benzene rings is 1. The van der Waals surface area contributed by atoms with Gasteiger partial charge in [-0.25, -0.2) is 4.79 Å². The molecule has 2 N–H and O–H groups in total. The van der Waals surface area contributed by atoms with Gasteiger partial charge in [-0.3, -0.25) is 0 Å². The Morgan fingerprint density at radius 1 is 1.22 bits per heavy atom. The van der Waals surface area contributed by atoms with Crippen LogP contribution in [0.15, 0.2) is 34.9 Å². The summed E-state index contributed by atoms with van der Waals surface area (Å²) in [6.07, 6.45) is 0. The van der Waals surface area contributed by atoms with Crippen LogP contribution in [-0.2, 0) is 14.3 Å². The van der Waals surface area contributed by atoms with Gasteiger partial charge in [0.2, 0.25) is 11.6 Å². The summed E-state index contributed by atoms with van der Waals surface area (Å²) in [6.45, 7) is 3.47. The highest BCUT2D eigenvalue weighted by Crippen LogP contribution is 2.45. The van der Waals surface area contributed by atoms with Crippen LogP contribution in [-0.4, -0.2) is 33.9 Å². The molecule has 0 radical (unpaired) electrons. The third-order valence-corrected chi connectivity index (χ3v) is 4.12. The summed E-state index contributed by atoms with van der Waals surface area (Å²) < 4.78 is 26.6. The number of allylic oxidation sites excluding steroid dienone is 2. The molecule has 0 amide bonds. The summed E-state index contributed by atoms with van der Waals surface area (Å²) >= 11 is 0. The fourth-order valence-corrected chi connectivity index (χ4v) is 2.96. The van der Waals surface area contributed by atoms with Gasteiger partial charge in [0, 0.05) is 0 Å². The molecule has 1 aromatic rings. The van der Waals surface area contributed by atoms with Gasteiger partial charge in [-0.15, -0.1) is 0 Å². The van der Waals surface area contributed by atoms with Crippen molar-refractivity contribution in [3.8, 4) is 23.3 Å². The normalized spacial score (nSPS) is 16.4. The summed E-state index contributed by atoms with van der Waals surface area (Å²) in [5, 5.41) is 9.63. The molecule has 1 heterocycles. The van der Waals surface area contributed by atoms with E-state index in [2.05, 4.69) is 0 Å². The third kappa shape index (κ3) is 3.62. The molecule has 1 aliphatic rings. The fraction of sp³-hybridized carbons (Fsp3) is 0.368. The van der Waals surface area contributed by atoms with Gasteiger partial charge in [0.15, 0.2) is 11.5 Å². The number of esters is 1. The number of nitrogens with zero attached hydrogens (tertiary/aromatic N) is 1. The fourth-order valence-electron chi connectivity index (χ4n) is 2.96. The number of carbonyl (C=O) groups is 1. The molecule has 8 nitrogen and oxygen atoms in total. The minimum absolute atomic E-state index is 0.0678. The first-order valence-electron chi connectivity index (χ1n) is 8.18. The number of nitrogens with two attached hydrogens (primary N) is 1. The summed E-state index contributed by atoms with van der Waals surface area (Å²) in [5.41, 5.74) is 6.74. The maximum atomic E-state index is 12.6. The van der Waals surface area contributed by atoms with Crippen molar-refractivity contribution in [1.82, 2.24) is 0 Å². The number of hydrogen-bond donors (Lipinski definition) is 1. The molecule has 0 aliphatic carbocycles. The van der Waals surface area contributed by atoms with Gasteiger partial charge in [-0.05, 0) is 31.5 Å². The Hall–Kier alpha value is -3.34. The van der Waals surface area contributed by atoms with Crippen molar-refractivity contribution >= 4 is 5.97 Å². The lowest BCUT2D eigenvalue weighted by Crippen LogP contribution is -2.25. The first-order valence-corrected chi connectivity index (χ1v) is 8.18. The van der Waals surface area contributed by atoms with Crippen molar-refractivity contribution in [2.75, 3.05) is 27.9 Å². The maximum Gasteiger partial charge on any atom is 0.338 e. The van der Waals surface area contributed by atoms with E-state index in [1.807, 2.05) is 6.07 Å². The monoisotopic (exact) mass is 374 g/mol. The molecule has 0 unspecified atom stereocenters. The zero-order valence-electron chi connectivity index (χ0n) is 15.9. The van der Waals surface area contributed by atoms with Crippen LogP contribution in [0.5, 0.6) is 17.2 Å². The Morgan fingerprint density at radius 2 is 1.81 bits per heavy atom. The van der Waals surface area contributed by atoms with Gasteiger partial charge in [0.1, 0.15) is 17.4 Å². The second-order valence-electron chi connectivity index (χ2n) is 5.57. The van der Waals surface area contributed by atoms with E-state index in [0.717, 1.165) is 0 Å². The van der Waals surface area contributed by atoms with Gasteiger partial charge in [0.25, 0.3) is 0 Å². The lowest BCUT2D eigenvalue weighted by molar-refractivity contribution is -0.139. The van der Waals surface area contributed by atoms with Crippen LogP contribution in [0.2, 0.25) is 0 Å². The minimum atomic E-state index is -0.795. The molecule has 0 spiro atoms. The van der Waals surface area contributed by atoms with E-state index < -0.39 is 11.9 Å². The molecule has 0 fully saturated rings. The maximum absolute atomic E-state index is 12.6. The van der Waals surface area contributed by atoms with E-state index in [1.165, 1.54) is 21.3 Å². The van der Waals surface area contributed by atoms with Crippen LogP contribution in [0.4, 0.5) is 0 Å². The van der Waals surface area contributed by atoms with Gasteiger partial charge >= 0.3 is 5.97 Å². The molecule has 1 aromatic carbocycles. The largest absolute Gasteiger partial charge is 0.493 e. The van der Waals surface area contributed by atoms with Crippen molar-refractivity contribution in [2.45, 2.75) is 19.8 Å². The van der Waals surface area contributed by atoms with E-state index in [9.17, 15) is 10.1 Å². The summed E-state index contributed by atoms with van der Waals surface area (Å²) in [7, 11) is 4.45. The number of carbonyl (C=O) groups excluding carboxylic acids is 1. The lowest BCUT2D eigenvalue weighted by atomic mass is 9.83. The van der Waals surface area contributed by atoms with E-state index in [1.54, 1.807) is 26.0 Å². The first kappa shape index (κ1) is 20.0. The van der Waals surface area contributed by atoms with Crippen LogP contribution < -0.4 is 19.9 Å². The van der Waals surface area contributed by atoms with Crippen molar-refractivity contribution in [2.24, 2.45) is 5.73 Å². The predicted octanol–water partition coefficient (Wildman–Crippen LogP) is 2.36. The van der Waals surface area contributed by atoms with Crippen molar-refractivity contribution in [3.63, 3.8) is 0 Å². The van der Waals surface area contributed by atoms with Gasteiger partial charge in [-0.1, -0.05) is 0 Å². The molecule has 27 heavy (non-hydrogen) atoms. The molecule has 1 aliphatic heterocycles. The Bertz CT molecular complexity index is 825. The predicted molar refractivity (Wildman–Crippen MR) is 96.1 cm³/mol. The zero-order chi connectivity index (χ0) is 20.1. The number of methoxy groups -OCH3 is 3. The summed E-state index contributed by atoms with van der Waals surface area (Å²) in [4.78, 5) is 12.6. The Labute approximate surface area is 157 Å². The van der Waals surface area contributed by atoms with Crippen molar-refractivity contribution < 1.29 is 28.5 Å². The topological polar surface area (TPSA) is 113 Å². The average molecular weight is 374 g/mol. The second kappa shape index (κ2) is 8.36. The van der Waals surface area contributed by atoms with E-state index in [4.69, 9.17) is 29.4 Å². The van der Waals surface area contributed by atoms with Gasteiger partial charge < -0.3 is 29.4 Å². The van der Waals surface area contributed by atoms with E-state index in [-0.39, 0.29) is 29.4 Å². The van der Waals surface area contributed by atoms with E-state index in [0.29, 0.717) is 22.8 Å². The molecule has 0 saturated carbocycles. The lowest BCUT2D eigenvalue weighted by Gasteiger charge is -2.27. The second-order valence-corrected chi connectivity index (χ2v) is 5.57. The van der Waals surface area contributed by atoms with Crippen molar-refractivity contribution in [1.29, 1.82) is 5.26 Å². The van der Waals surface area contributed by atoms with Crippen LogP contribution in [0.3, 0.4) is 0 Å². The standard InChI is InChI=1S/C19H22N2O6/c1-6-26-19(22)15-10(2)27-18(21)12(9-20)16(15)11-7-13(23-3)17(25-5)14(8-11)24-4/h7-8,16H,6,21H2,1-5H3/t16-/m1/s1. The van der Waals surface area contributed by atoms with Gasteiger partial charge in [-0.2, -0.15) is 5.26 Å². The average Bonchev–Trinajstić information content (AvgIpc) is 2.66. The first-order chi connectivity index (χ1) is 12.9. The zero-order valence-corrected chi connectivity index (χ0v) is 15.9.